The first kappa shape index (κ1) is 17.8. The number of aliphatic hydroxyl groups excluding tert-OH is 1. The minimum atomic E-state index is 0.0811. The molecular weight excluding hydrogens is 288 g/mol. The van der Waals surface area contributed by atoms with E-state index in [1.807, 2.05) is 18.2 Å². The summed E-state index contributed by atoms with van der Waals surface area (Å²) in [5.41, 5.74) is 2.16. The highest BCUT2D eigenvalue weighted by atomic mass is 16.3. The molecule has 1 aliphatic heterocycles. The molecule has 23 heavy (non-hydrogen) atoms. The molecule has 0 radical (unpaired) electrons. The molecule has 4 heteroatoms. The fourth-order valence-electron chi connectivity index (χ4n) is 2.91. The Labute approximate surface area is 139 Å². The molecule has 0 saturated carbocycles. The number of carbonyl (C=O) groups is 1. The Morgan fingerprint density at radius 3 is 2.52 bits per heavy atom. The van der Waals surface area contributed by atoms with Crippen LogP contribution in [0.4, 0.5) is 11.4 Å². The fraction of sp³-hybridized carbons (Fsp3) is 0.632. The third-order valence-electron chi connectivity index (χ3n) is 4.49. The second kappa shape index (κ2) is 7.82. The van der Waals surface area contributed by atoms with E-state index >= 15 is 0 Å². The number of carbonyl (C=O) groups excluding carboxylic acids is 1. The summed E-state index contributed by atoms with van der Waals surface area (Å²) in [7, 11) is 0. The summed E-state index contributed by atoms with van der Waals surface area (Å²) in [6.07, 6.45) is 3.43. The molecule has 1 aromatic rings. The number of piperidine rings is 1. The second-order valence-electron chi connectivity index (χ2n) is 7.74. The van der Waals surface area contributed by atoms with Crippen LogP contribution in [0, 0.1) is 11.3 Å². The molecule has 128 valence electrons. The monoisotopic (exact) mass is 318 g/mol. The quantitative estimate of drug-likeness (QED) is 0.871. The Hall–Kier alpha value is -1.55. The van der Waals surface area contributed by atoms with Gasteiger partial charge in [-0.15, -0.1) is 0 Å². The first-order chi connectivity index (χ1) is 10.9. The predicted octanol–water partition coefficient (Wildman–Crippen LogP) is 3.66. The number of para-hydroxylation sites is 2. The van der Waals surface area contributed by atoms with Crippen LogP contribution in [-0.4, -0.2) is 30.7 Å². The average Bonchev–Trinajstić information content (AvgIpc) is 2.53. The maximum absolute atomic E-state index is 12.2. The molecule has 4 nitrogen and oxygen atoms in total. The van der Waals surface area contributed by atoms with Crippen molar-refractivity contribution in [2.75, 3.05) is 29.9 Å². The highest BCUT2D eigenvalue weighted by molar-refractivity contribution is 5.94. The van der Waals surface area contributed by atoms with Crippen LogP contribution in [0.3, 0.4) is 0 Å². The molecule has 1 amide bonds. The number of hydrogen-bond donors (Lipinski definition) is 2. The number of nitrogens with one attached hydrogen (secondary N) is 1. The van der Waals surface area contributed by atoms with Crippen molar-refractivity contribution >= 4 is 17.3 Å². The molecule has 0 bridgehead atoms. The van der Waals surface area contributed by atoms with E-state index in [1.165, 1.54) is 0 Å². The fourth-order valence-corrected chi connectivity index (χ4v) is 2.91. The average molecular weight is 318 g/mol. The van der Waals surface area contributed by atoms with E-state index in [2.05, 4.69) is 37.1 Å². The summed E-state index contributed by atoms with van der Waals surface area (Å²) in [6, 6.07) is 8.02. The summed E-state index contributed by atoms with van der Waals surface area (Å²) in [6.45, 7) is 8.60. The Kier molecular flexibility index (Phi) is 6.05. The van der Waals surface area contributed by atoms with Crippen molar-refractivity contribution in [3.63, 3.8) is 0 Å². The van der Waals surface area contributed by atoms with Crippen LogP contribution >= 0.6 is 0 Å². The summed E-state index contributed by atoms with van der Waals surface area (Å²) in [5.74, 6) is 0.498. The van der Waals surface area contributed by atoms with Crippen molar-refractivity contribution in [2.24, 2.45) is 11.3 Å². The molecule has 2 N–H and O–H groups in total. The van der Waals surface area contributed by atoms with Crippen LogP contribution in [0.5, 0.6) is 0 Å². The van der Waals surface area contributed by atoms with Crippen molar-refractivity contribution in [1.82, 2.24) is 0 Å². The van der Waals surface area contributed by atoms with Gasteiger partial charge in [-0.25, -0.2) is 0 Å². The van der Waals surface area contributed by atoms with Crippen LogP contribution in [0.1, 0.15) is 46.5 Å². The Bertz CT molecular complexity index is 514. The van der Waals surface area contributed by atoms with Gasteiger partial charge in [0.2, 0.25) is 5.91 Å². The molecule has 0 atom stereocenters. The maximum atomic E-state index is 12.2. The molecule has 0 aromatic heterocycles. The molecule has 1 fully saturated rings. The third kappa shape index (κ3) is 5.54. The molecule has 0 spiro atoms. The summed E-state index contributed by atoms with van der Waals surface area (Å²) < 4.78 is 0. The highest BCUT2D eigenvalue weighted by Gasteiger charge is 2.21. The van der Waals surface area contributed by atoms with Gasteiger partial charge in [0, 0.05) is 26.1 Å². The highest BCUT2D eigenvalue weighted by Crippen LogP contribution is 2.30. The molecule has 2 rings (SSSR count). The maximum Gasteiger partial charge on any atom is 0.224 e. The van der Waals surface area contributed by atoms with Gasteiger partial charge in [0.15, 0.2) is 0 Å². The van der Waals surface area contributed by atoms with Gasteiger partial charge in [-0.2, -0.15) is 0 Å². The zero-order valence-electron chi connectivity index (χ0n) is 14.6. The molecule has 1 aromatic carbocycles. The van der Waals surface area contributed by atoms with Crippen LogP contribution in [0.2, 0.25) is 0 Å². The van der Waals surface area contributed by atoms with Crippen LogP contribution in [-0.2, 0) is 4.79 Å². The topological polar surface area (TPSA) is 52.6 Å². The molecule has 1 aliphatic rings. The Morgan fingerprint density at radius 2 is 1.91 bits per heavy atom. The number of hydrogen-bond acceptors (Lipinski definition) is 3. The van der Waals surface area contributed by atoms with Gasteiger partial charge in [-0.3, -0.25) is 4.79 Å². The summed E-state index contributed by atoms with van der Waals surface area (Å²) in [5, 5.41) is 12.3. The van der Waals surface area contributed by atoms with E-state index in [0.717, 1.165) is 43.7 Å². The number of rotatable bonds is 5. The van der Waals surface area contributed by atoms with E-state index in [1.54, 1.807) is 0 Å². The van der Waals surface area contributed by atoms with Gasteiger partial charge in [-0.05, 0) is 42.7 Å². The van der Waals surface area contributed by atoms with Gasteiger partial charge < -0.3 is 15.3 Å². The first-order valence-corrected chi connectivity index (χ1v) is 8.64. The molecular formula is C19H30N2O2. The molecule has 0 unspecified atom stereocenters. The van der Waals surface area contributed by atoms with Crippen molar-refractivity contribution in [3.8, 4) is 0 Å². The summed E-state index contributed by atoms with van der Waals surface area (Å²) in [4.78, 5) is 14.5. The van der Waals surface area contributed by atoms with Crippen molar-refractivity contribution in [3.05, 3.63) is 24.3 Å². The van der Waals surface area contributed by atoms with Crippen LogP contribution in [0.25, 0.3) is 0 Å². The normalized spacial score (nSPS) is 16.4. The standard InChI is InChI=1S/C19H30N2O2/c1-19(2,3)11-8-18(23)20-16-6-4-5-7-17(16)21-12-9-15(14-22)10-13-21/h4-7,15,22H,8-14H2,1-3H3,(H,20,23). The van der Waals surface area contributed by atoms with Crippen molar-refractivity contribution in [2.45, 2.75) is 46.5 Å². The Morgan fingerprint density at radius 1 is 1.26 bits per heavy atom. The molecule has 1 heterocycles. The lowest BCUT2D eigenvalue weighted by Crippen LogP contribution is -2.35. The van der Waals surface area contributed by atoms with Gasteiger partial charge in [-0.1, -0.05) is 32.9 Å². The SMILES string of the molecule is CC(C)(C)CCC(=O)Nc1ccccc1N1CCC(CO)CC1. The second-order valence-corrected chi connectivity index (χ2v) is 7.74. The third-order valence-corrected chi connectivity index (χ3v) is 4.49. The Balaban J connectivity index is 1.99. The van der Waals surface area contributed by atoms with E-state index in [4.69, 9.17) is 0 Å². The lowest BCUT2D eigenvalue weighted by atomic mass is 9.90. The number of anilines is 2. The molecule has 1 saturated heterocycles. The summed E-state index contributed by atoms with van der Waals surface area (Å²) >= 11 is 0. The number of nitrogens with zero attached hydrogens (tertiary/aromatic N) is 1. The largest absolute Gasteiger partial charge is 0.396 e. The smallest absolute Gasteiger partial charge is 0.224 e. The van der Waals surface area contributed by atoms with Gasteiger partial charge >= 0.3 is 0 Å². The zero-order chi connectivity index (χ0) is 16.9. The van der Waals surface area contributed by atoms with Gasteiger partial charge in [0.1, 0.15) is 0 Å². The van der Waals surface area contributed by atoms with E-state index < -0.39 is 0 Å². The first-order valence-electron chi connectivity index (χ1n) is 8.64. The lowest BCUT2D eigenvalue weighted by molar-refractivity contribution is -0.116. The van der Waals surface area contributed by atoms with Crippen molar-refractivity contribution < 1.29 is 9.90 Å². The predicted molar refractivity (Wildman–Crippen MR) is 95.8 cm³/mol. The van der Waals surface area contributed by atoms with Crippen LogP contribution in [0.15, 0.2) is 24.3 Å². The van der Waals surface area contributed by atoms with E-state index in [-0.39, 0.29) is 17.9 Å². The number of benzene rings is 1. The number of amides is 1. The minimum Gasteiger partial charge on any atom is -0.396 e. The van der Waals surface area contributed by atoms with E-state index in [0.29, 0.717) is 12.3 Å². The van der Waals surface area contributed by atoms with Gasteiger partial charge in [0.05, 0.1) is 11.4 Å². The van der Waals surface area contributed by atoms with Crippen molar-refractivity contribution in [1.29, 1.82) is 0 Å². The lowest BCUT2D eigenvalue weighted by Gasteiger charge is -2.34. The van der Waals surface area contributed by atoms with E-state index in [9.17, 15) is 9.90 Å². The van der Waals surface area contributed by atoms with Crippen LogP contribution < -0.4 is 10.2 Å². The minimum absolute atomic E-state index is 0.0811. The molecule has 0 aliphatic carbocycles. The van der Waals surface area contributed by atoms with Gasteiger partial charge in [0.25, 0.3) is 0 Å². The zero-order valence-corrected chi connectivity index (χ0v) is 14.6. The number of aliphatic hydroxyl groups is 1.